The van der Waals surface area contributed by atoms with Crippen molar-refractivity contribution in [3.8, 4) is 5.75 Å². The van der Waals surface area contributed by atoms with Crippen molar-refractivity contribution >= 4 is 29.2 Å². The molecule has 0 spiro atoms. The fraction of sp³-hybridized carbons (Fsp3) is 0.500. The first-order valence-corrected chi connectivity index (χ1v) is 8.65. The van der Waals surface area contributed by atoms with Crippen LogP contribution < -0.4 is 10.2 Å². The van der Waals surface area contributed by atoms with E-state index >= 15 is 0 Å². The lowest BCUT2D eigenvalue weighted by atomic mass is 9.99. The second kappa shape index (κ2) is 10.7. The highest BCUT2D eigenvalue weighted by molar-refractivity contribution is 6.30. The molecular formula is C18H25ClN2O4. The largest absolute Gasteiger partial charge is 0.483 e. The Morgan fingerprint density at radius 2 is 2.04 bits per heavy atom. The minimum Gasteiger partial charge on any atom is -0.483 e. The van der Waals surface area contributed by atoms with Crippen LogP contribution in [0.2, 0.25) is 5.02 Å². The van der Waals surface area contributed by atoms with Gasteiger partial charge in [0.2, 0.25) is 0 Å². The van der Waals surface area contributed by atoms with Gasteiger partial charge in [-0.25, -0.2) is 5.43 Å². The molecule has 1 rings (SSSR count). The number of hydrogen-bond acceptors (Lipinski definition) is 5. The van der Waals surface area contributed by atoms with E-state index in [1.807, 2.05) is 13.8 Å². The molecule has 0 saturated carbocycles. The lowest BCUT2D eigenvalue weighted by Gasteiger charge is -2.14. The van der Waals surface area contributed by atoms with Crippen LogP contribution in [0.4, 0.5) is 0 Å². The molecule has 0 bridgehead atoms. The first kappa shape index (κ1) is 21.0. The van der Waals surface area contributed by atoms with Gasteiger partial charge in [0.15, 0.2) is 6.61 Å². The summed E-state index contributed by atoms with van der Waals surface area (Å²) in [5, 5.41) is 4.62. The fourth-order valence-corrected chi connectivity index (χ4v) is 2.43. The number of nitrogens with zero attached hydrogens (tertiary/aromatic N) is 1. The molecule has 0 heterocycles. The van der Waals surface area contributed by atoms with Crippen molar-refractivity contribution in [1.29, 1.82) is 0 Å². The van der Waals surface area contributed by atoms with Crippen molar-refractivity contribution < 1.29 is 19.1 Å². The Balaban J connectivity index is 2.59. The molecule has 0 saturated heterocycles. The summed E-state index contributed by atoms with van der Waals surface area (Å²) in [5.74, 6) is -0.610. The van der Waals surface area contributed by atoms with E-state index < -0.39 is 11.8 Å². The summed E-state index contributed by atoms with van der Waals surface area (Å²) in [7, 11) is 0. The monoisotopic (exact) mass is 368 g/mol. The van der Waals surface area contributed by atoms with E-state index in [1.54, 1.807) is 32.0 Å². The molecule has 0 radical (unpaired) electrons. The van der Waals surface area contributed by atoms with Crippen LogP contribution in [0.3, 0.4) is 0 Å². The van der Waals surface area contributed by atoms with Gasteiger partial charge >= 0.3 is 5.97 Å². The zero-order valence-electron chi connectivity index (χ0n) is 15.1. The van der Waals surface area contributed by atoms with Crippen LogP contribution in [-0.4, -0.2) is 30.8 Å². The molecule has 1 atom stereocenters. The van der Waals surface area contributed by atoms with E-state index in [2.05, 4.69) is 10.5 Å². The number of halogens is 1. The molecule has 0 aromatic heterocycles. The standard InChI is InChI=1S/C18H25ClN2O4/c1-5-7-15(18(23)24-6-2)13(4)20-21-17(22)11-25-16-9-8-14(19)10-12(16)3/h8-10,15H,5-7,11H2,1-4H3,(H,21,22)/b20-13-/t15-/m0/s1. The summed E-state index contributed by atoms with van der Waals surface area (Å²) in [4.78, 5) is 23.8. The van der Waals surface area contributed by atoms with E-state index in [0.29, 0.717) is 29.5 Å². The first-order valence-electron chi connectivity index (χ1n) is 8.27. The van der Waals surface area contributed by atoms with Crippen LogP contribution in [0, 0.1) is 12.8 Å². The van der Waals surface area contributed by atoms with Gasteiger partial charge in [0.25, 0.3) is 5.91 Å². The summed E-state index contributed by atoms with van der Waals surface area (Å²) < 4.78 is 10.5. The third-order valence-electron chi connectivity index (χ3n) is 3.51. The van der Waals surface area contributed by atoms with Crippen molar-refractivity contribution in [2.75, 3.05) is 13.2 Å². The Kier molecular flexibility index (Phi) is 8.99. The summed E-state index contributed by atoms with van der Waals surface area (Å²) in [6.07, 6.45) is 1.42. The summed E-state index contributed by atoms with van der Waals surface area (Å²) in [6.45, 7) is 7.40. The number of benzene rings is 1. The zero-order chi connectivity index (χ0) is 18.8. The Morgan fingerprint density at radius 3 is 2.64 bits per heavy atom. The number of esters is 1. The molecule has 138 valence electrons. The van der Waals surface area contributed by atoms with Crippen LogP contribution in [0.25, 0.3) is 0 Å². The SMILES string of the molecule is CCC[C@H](C(=O)OCC)/C(C)=N\NC(=O)COc1ccc(Cl)cc1C. The van der Waals surface area contributed by atoms with Gasteiger partial charge in [-0.15, -0.1) is 0 Å². The molecule has 0 fully saturated rings. The minimum atomic E-state index is -0.454. The molecule has 1 aromatic rings. The number of aryl methyl sites for hydroxylation is 1. The topological polar surface area (TPSA) is 77.0 Å². The van der Waals surface area contributed by atoms with Gasteiger partial charge < -0.3 is 9.47 Å². The van der Waals surface area contributed by atoms with Gasteiger partial charge in [-0.1, -0.05) is 24.9 Å². The Labute approximate surface area is 153 Å². The quantitative estimate of drug-likeness (QED) is 0.411. The molecule has 1 amide bonds. The second-order valence-corrected chi connectivity index (χ2v) is 6.02. The number of hydrogen-bond donors (Lipinski definition) is 1. The summed E-state index contributed by atoms with van der Waals surface area (Å²) >= 11 is 5.88. The number of nitrogens with one attached hydrogen (secondary N) is 1. The van der Waals surface area contributed by atoms with E-state index in [9.17, 15) is 9.59 Å². The van der Waals surface area contributed by atoms with Gasteiger partial charge in [-0.3, -0.25) is 9.59 Å². The van der Waals surface area contributed by atoms with Crippen molar-refractivity contribution in [2.24, 2.45) is 11.0 Å². The van der Waals surface area contributed by atoms with Crippen molar-refractivity contribution in [3.05, 3.63) is 28.8 Å². The normalized spacial score (nSPS) is 12.4. The average Bonchev–Trinajstić information content (AvgIpc) is 2.56. The van der Waals surface area contributed by atoms with Crippen molar-refractivity contribution in [1.82, 2.24) is 5.43 Å². The lowest BCUT2D eigenvalue weighted by Crippen LogP contribution is -2.30. The molecule has 7 heteroatoms. The van der Waals surface area contributed by atoms with E-state index in [1.165, 1.54) is 0 Å². The molecular weight excluding hydrogens is 344 g/mol. The highest BCUT2D eigenvalue weighted by Crippen LogP contribution is 2.21. The van der Waals surface area contributed by atoms with Crippen LogP contribution in [-0.2, 0) is 14.3 Å². The highest BCUT2D eigenvalue weighted by atomic mass is 35.5. The van der Waals surface area contributed by atoms with Crippen LogP contribution in [0.5, 0.6) is 5.75 Å². The smallest absolute Gasteiger partial charge is 0.314 e. The summed E-state index contributed by atoms with van der Waals surface area (Å²) in [5.41, 5.74) is 3.76. The van der Waals surface area contributed by atoms with E-state index in [0.717, 1.165) is 12.0 Å². The number of carbonyl (C=O) groups is 2. The molecule has 0 aliphatic heterocycles. The highest BCUT2D eigenvalue weighted by Gasteiger charge is 2.22. The van der Waals surface area contributed by atoms with Crippen LogP contribution >= 0.6 is 11.6 Å². The minimum absolute atomic E-state index is 0.183. The summed E-state index contributed by atoms with van der Waals surface area (Å²) in [6, 6.07) is 5.15. The Bertz CT molecular complexity index is 632. The number of carbonyl (C=O) groups excluding carboxylic acids is 2. The number of hydrazone groups is 1. The maximum atomic E-state index is 11.9. The lowest BCUT2D eigenvalue weighted by molar-refractivity contribution is -0.145. The van der Waals surface area contributed by atoms with E-state index in [4.69, 9.17) is 21.1 Å². The zero-order valence-corrected chi connectivity index (χ0v) is 15.9. The number of ether oxygens (including phenoxy) is 2. The average molecular weight is 369 g/mol. The maximum Gasteiger partial charge on any atom is 0.314 e. The molecule has 1 N–H and O–H groups in total. The van der Waals surface area contributed by atoms with E-state index in [-0.39, 0.29) is 12.6 Å². The molecule has 25 heavy (non-hydrogen) atoms. The van der Waals surface area contributed by atoms with Crippen LogP contribution in [0.1, 0.15) is 39.2 Å². The van der Waals surface area contributed by atoms with Gasteiger partial charge in [0.05, 0.1) is 12.5 Å². The first-order chi connectivity index (χ1) is 11.9. The molecule has 6 nitrogen and oxygen atoms in total. The molecule has 1 aromatic carbocycles. The van der Waals surface area contributed by atoms with Gasteiger partial charge in [-0.05, 0) is 51.0 Å². The fourth-order valence-electron chi connectivity index (χ4n) is 2.21. The molecule has 0 unspecified atom stereocenters. The van der Waals surface area contributed by atoms with Crippen molar-refractivity contribution in [2.45, 2.75) is 40.5 Å². The molecule has 0 aliphatic carbocycles. The second-order valence-electron chi connectivity index (χ2n) is 5.58. The third kappa shape index (κ3) is 7.13. The van der Waals surface area contributed by atoms with Gasteiger partial charge in [-0.2, -0.15) is 5.10 Å². The number of amides is 1. The Hall–Kier alpha value is -2.08. The Morgan fingerprint density at radius 1 is 1.32 bits per heavy atom. The third-order valence-corrected chi connectivity index (χ3v) is 3.74. The van der Waals surface area contributed by atoms with Gasteiger partial charge in [0.1, 0.15) is 5.75 Å². The molecule has 0 aliphatic rings. The van der Waals surface area contributed by atoms with Gasteiger partial charge in [0, 0.05) is 10.7 Å². The predicted octanol–water partition coefficient (Wildman–Crippen LogP) is 3.50. The van der Waals surface area contributed by atoms with Crippen LogP contribution in [0.15, 0.2) is 23.3 Å². The van der Waals surface area contributed by atoms with Crippen molar-refractivity contribution in [3.63, 3.8) is 0 Å². The number of rotatable bonds is 9. The predicted molar refractivity (Wildman–Crippen MR) is 98.0 cm³/mol. The maximum absolute atomic E-state index is 11.9.